The number of hydrogen-bond donors (Lipinski definition) is 1. The van der Waals surface area contributed by atoms with Crippen LogP contribution in [0.2, 0.25) is 18.1 Å². The summed E-state index contributed by atoms with van der Waals surface area (Å²) in [7, 11) is 0.745. The second-order valence-electron chi connectivity index (χ2n) is 10.9. The summed E-state index contributed by atoms with van der Waals surface area (Å²) in [6.45, 7) is 13.8. The van der Waals surface area contributed by atoms with E-state index >= 15 is 0 Å². The highest BCUT2D eigenvalue weighted by molar-refractivity contribution is 6.74. The first kappa shape index (κ1) is 23.4. The quantitative estimate of drug-likeness (QED) is 0.332. The summed E-state index contributed by atoms with van der Waals surface area (Å²) in [6.07, 6.45) is 12.9. The van der Waals surface area contributed by atoms with Crippen LogP contribution in [0.3, 0.4) is 0 Å². The van der Waals surface area contributed by atoms with E-state index in [0.29, 0.717) is 17.0 Å². The molecule has 0 aromatic heterocycles. The molecule has 2 fully saturated rings. The second kappa shape index (κ2) is 10.2. The first-order valence-corrected chi connectivity index (χ1v) is 14.6. The van der Waals surface area contributed by atoms with Crippen LogP contribution in [0.15, 0.2) is 0 Å². The van der Waals surface area contributed by atoms with E-state index in [0.717, 1.165) is 18.9 Å². The number of hydrogen-bond acceptors (Lipinski definition) is 3. The average Bonchev–Trinajstić information content (AvgIpc) is 3.12. The Bertz CT molecular complexity index is 435. The van der Waals surface area contributed by atoms with Crippen LogP contribution in [0.25, 0.3) is 0 Å². The lowest BCUT2D eigenvalue weighted by Gasteiger charge is -2.36. The van der Waals surface area contributed by atoms with Gasteiger partial charge in [-0.3, -0.25) is 0 Å². The van der Waals surface area contributed by atoms with E-state index in [1.165, 1.54) is 64.3 Å². The van der Waals surface area contributed by atoms with E-state index < -0.39 is 8.32 Å². The Morgan fingerprint density at radius 2 is 1.56 bits per heavy atom. The van der Waals surface area contributed by atoms with Crippen LogP contribution in [0, 0.1) is 11.8 Å². The van der Waals surface area contributed by atoms with Crippen LogP contribution in [0.1, 0.15) is 85.0 Å². The van der Waals surface area contributed by atoms with Gasteiger partial charge in [0.15, 0.2) is 8.32 Å². The van der Waals surface area contributed by atoms with Gasteiger partial charge in [-0.15, -0.1) is 0 Å². The molecule has 0 aromatic carbocycles. The summed E-state index contributed by atoms with van der Waals surface area (Å²) in [5, 5.41) is 10.4. The molecule has 0 spiro atoms. The van der Waals surface area contributed by atoms with E-state index in [-0.39, 0.29) is 6.10 Å². The summed E-state index contributed by atoms with van der Waals surface area (Å²) in [5.41, 5.74) is 0. The molecule has 2 rings (SSSR count). The number of aliphatic hydroxyl groups excluding tert-OH is 1. The lowest BCUT2D eigenvalue weighted by molar-refractivity contribution is 0.0956. The van der Waals surface area contributed by atoms with Crippen molar-refractivity contribution in [2.75, 3.05) is 20.2 Å². The molecule has 4 atom stereocenters. The van der Waals surface area contributed by atoms with E-state index in [1.807, 2.05) is 0 Å². The molecule has 1 N–H and O–H groups in total. The highest BCUT2D eigenvalue weighted by Gasteiger charge is 2.48. The van der Waals surface area contributed by atoms with Gasteiger partial charge in [-0.05, 0) is 69.7 Å². The van der Waals surface area contributed by atoms with E-state index in [2.05, 4.69) is 45.8 Å². The van der Waals surface area contributed by atoms with Crippen molar-refractivity contribution in [3.05, 3.63) is 0 Å². The van der Waals surface area contributed by atoms with Crippen LogP contribution in [0.4, 0.5) is 0 Å². The van der Waals surface area contributed by atoms with Crippen molar-refractivity contribution >= 4 is 8.32 Å². The topological polar surface area (TPSA) is 32.7 Å². The van der Waals surface area contributed by atoms with Crippen molar-refractivity contribution in [3.63, 3.8) is 0 Å². The minimum Gasteiger partial charge on any atom is -0.417 e. The number of fused-ring (bicyclic) bond motifs is 2. The molecule has 0 saturated heterocycles. The number of unbranched alkanes of at least 4 members (excludes halogenated alkanes) is 6. The summed E-state index contributed by atoms with van der Waals surface area (Å²) < 4.78 is 6.26. The zero-order chi connectivity index (χ0) is 20.1. The maximum Gasteiger partial charge on any atom is 0.191 e. The van der Waals surface area contributed by atoms with Crippen LogP contribution in [-0.2, 0) is 4.43 Å². The van der Waals surface area contributed by atoms with Gasteiger partial charge in [-0.25, -0.2) is 0 Å². The first-order chi connectivity index (χ1) is 12.6. The number of nitrogens with zero attached hydrogens (tertiary/aromatic N) is 1. The first-order valence-electron chi connectivity index (χ1n) is 11.7. The lowest BCUT2D eigenvalue weighted by atomic mass is 9.98. The third-order valence-corrected chi connectivity index (χ3v) is 12.3. The molecule has 2 saturated carbocycles. The Kier molecular flexibility index (Phi) is 8.85. The third-order valence-electron chi connectivity index (χ3n) is 7.76. The second-order valence-corrected chi connectivity index (χ2v) is 15.7. The molecular formula is C23H47NO2Si. The smallest absolute Gasteiger partial charge is 0.191 e. The largest absolute Gasteiger partial charge is 0.417 e. The zero-order valence-corrected chi connectivity index (χ0v) is 20.1. The van der Waals surface area contributed by atoms with Crippen molar-refractivity contribution in [2.45, 2.75) is 115 Å². The van der Waals surface area contributed by atoms with Crippen LogP contribution in [0.5, 0.6) is 0 Å². The molecule has 0 heterocycles. The SMILES string of the molecule is CN(CCCCCCCCCO[Si](C)(C)C(C)(C)C)C1C2CC[C@@H]1[C@H](O)C2. The van der Waals surface area contributed by atoms with E-state index in [9.17, 15) is 5.11 Å². The maximum absolute atomic E-state index is 10.1. The van der Waals surface area contributed by atoms with Gasteiger partial charge in [0.25, 0.3) is 0 Å². The minimum absolute atomic E-state index is 0.0168. The standard InChI is InChI=1S/C23H47NO2Si/c1-23(2,3)27(5,6)26-17-13-11-9-7-8-10-12-16-24(4)22-19-14-15-20(22)21(25)18-19/h19-22,25H,7-18H2,1-6H3/t19?,20-,21-,22?/m1/s1. The molecule has 160 valence electrons. The van der Waals surface area contributed by atoms with Crippen molar-refractivity contribution in [1.29, 1.82) is 0 Å². The van der Waals surface area contributed by atoms with Crippen LogP contribution < -0.4 is 0 Å². The van der Waals surface area contributed by atoms with Gasteiger partial charge in [0.1, 0.15) is 0 Å². The van der Waals surface area contributed by atoms with Crippen molar-refractivity contribution in [3.8, 4) is 0 Å². The summed E-state index contributed by atoms with van der Waals surface area (Å²) in [5.74, 6) is 1.33. The minimum atomic E-state index is -1.54. The predicted molar refractivity (Wildman–Crippen MR) is 119 cm³/mol. The Labute approximate surface area is 170 Å². The fourth-order valence-electron chi connectivity index (χ4n) is 4.99. The molecule has 2 aliphatic rings. The highest BCUT2D eigenvalue weighted by atomic mass is 28.4. The van der Waals surface area contributed by atoms with Gasteiger partial charge in [0, 0.05) is 18.6 Å². The van der Waals surface area contributed by atoms with Gasteiger partial charge in [0.2, 0.25) is 0 Å². The van der Waals surface area contributed by atoms with E-state index in [4.69, 9.17) is 4.43 Å². The van der Waals surface area contributed by atoms with Crippen molar-refractivity contribution < 1.29 is 9.53 Å². The number of aliphatic hydroxyl groups is 1. The van der Waals surface area contributed by atoms with Crippen LogP contribution >= 0.6 is 0 Å². The molecule has 2 aliphatic carbocycles. The molecule has 2 unspecified atom stereocenters. The molecule has 2 bridgehead atoms. The normalized spacial score (nSPS) is 28.4. The summed E-state index contributed by atoms with van der Waals surface area (Å²) in [4.78, 5) is 2.57. The molecule has 0 amide bonds. The highest BCUT2D eigenvalue weighted by Crippen LogP contribution is 2.47. The fourth-order valence-corrected chi connectivity index (χ4v) is 6.07. The zero-order valence-electron chi connectivity index (χ0n) is 19.1. The molecule has 3 nitrogen and oxygen atoms in total. The molecule has 0 aliphatic heterocycles. The molecule has 0 aromatic rings. The molecular weight excluding hydrogens is 350 g/mol. The van der Waals surface area contributed by atoms with Gasteiger partial charge in [-0.2, -0.15) is 0 Å². The average molecular weight is 398 g/mol. The van der Waals surface area contributed by atoms with Gasteiger partial charge >= 0.3 is 0 Å². The predicted octanol–water partition coefficient (Wildman–Crippen LogP) is 5.83. The lowest BCUT2D eigenvalue weighted by Crippen LogP contribution is -2.40. The Balaban J connectivity index is 1.43. The van der Waals surface area contributed by atoms with Crippen LogP contribution in [-0.4, -0.2) is 50.7 Å². The molecule has 4 heteroatoms. The monoisotopic (exact) mass is 397 g/mol. The summed E-state index contributed by atoms with van der Waals surface area (Å²) >= 11 is 0. The van der Waals surface area contributed by atoms with Gasteiger partial charge < -0.3 is 14.4 Å². The van der Waals surface area contributed by atoms with Gasteiger partial charge in [0.05, 0.1) is 6.10 Å². The van der Waals surface area contributed by atoms with E-state index in [1.54, 1.807) is 0 Å². The number of rotatable bonds is 12. The Morgan fingerprint density at radius 3 is 2.07 bits per heavy atom. The molecule has 27 heavy (non-hydrogen) atoms. The van der Waals surface area contributed by atoms with Gasteiger partial charge in [-0.1, -0.05) is 52.9 Å². The summed E-state index contributed by atoms with van der Waals surface area (Å²) in [6, 6.07) is 0.667. The molecule has 0 radical (unpaired) electrons. The Morgan fingerprint density at radius 1 is 0.963 bits per heavy atom. The fraction of sp³-hybridized carbons (Fsp3) is 1.00. The maximum atomic E-state index is 10.1. The Hall–Kier alpha value is 0.0969. The third kappa shape index (κ3) is 6.55. The van der Waals surface area contributed by atoms with Crippen molar-refractivity contribution in [1.82, 2.24) is 4.90 Å². The van der Waals surface area contributed by atoms with Crippen molar-refractivity contribution in [2.24, 2.45) is 11.8 Å².